The van der Waals surface area contributed by atoms with E-state index in [1.807, 2.05) is 6.92 Å². The minimum absolute atomic E-state index is 0.0284. The molecule has 0 saturated heterocycles. The quantitative estimate of drug-likeness (QED) is 0.149. The van der Waals surface area contributed by atoms with E-state index in [9.17, 15) is 35.6 Å². The molecule has 4 rings (SSSR count). The van der Waals surface area contributed by atoms with Crippen LogP contribution in [0.2, 0.25) is 5.02 Å². The minimum Gasteiger partial charge on any atom is -0.352 e. The first kappa shape index (κ1) is 36.4. The highest BCUT2D eigenvalue weighted by Gasteiger charge is 2.37. The zero-order chi connectivity index (χ0) is 35.1. The number of nitrogens with one attached hydrogen (secondary N) is 1. The Morgan fingerprint density at radius 3 is 2.06 bits per heavy atom. The largest absolute Gasteiger partial charge is 0.417 e. The summed E-state index contributed by atoms with van der Waals surface area (Å²) in [5.74, 6) is -1.94. The summed E-state index contributed by atoms with van der Waals surface area (Å²) in [6, 6.07) is 22.1. The van der Waals surface area contributed by atoms with Crippen molar-refractivity contribution in [2.45, 2.75) is 56.4 Å². The fraction of sp³-hybridized carbons (Fsp3) is 0.257. The molecule has 0 spiro atoms. The maximum Gasteiger partial charge on any atom is 0.417 e. The van der Waals surface area contributed by atoms with Crippen molar-refractivity contribution in [1.29, 1.82) is 0 Å². The van der Waals surface area contributed by atoms with Crippen molar-refractivity contribution < 1.29 is 35.6 Å². The van der Waals surface area contributed by atoms with Crippen molar-refractivity contribution >= 4 is 39.1 Å². The number of rotatable bonds is 13. The molecule has 1 N–H and O–H groups in total. The normalized spacial score (nSPS) is 13.0. The molecule has 0 heterocycles. The van der Waals surface area contributed by atoms with Crippen molar-refractivity contribution in [3.8, 4) is 0 Å². The summed E-state index contributed by atoms with van der Waals surface area (Å²) >= 11 is 5.85. The first-order valence-electron chi connectivity index (χ1n) is 15.0. The van der Waals surface area contributed by atoms with Gasteiger partial charge in [0, 0.05) is 19.0 Å². The van der Waals surface area contributed by atoms with Gasteiger partial charge in [-0.25, -0.2) is 12.8 Å². The molecule has 0 aliphatic heterocycles. The van der Waals surface area contributed by atoms with Gasteiger partial charge in [0.25, 0.3) is 10.0 Å². The molecule has 7 nitrogen and oxygen atoms in total. The van der Waals surface area contributed by atoms with Crippen molar-refractivity contribution in [1.82, 2.24) is 10.2 Å². The van der Waals surface area contributed by atoms with Gasteiger partial charge in [-0.2, -0.15) is 13.2 Å². The van der Waals surface area contributed by atoms with Crippen LogP contribution in [0, 0.1) is 5.82 Å². The summed E-state index contributed by atoms with van der Waals surface area (Å²) in [7, 11) is -4.64. The average Bonchev–Trinajstić information content (AvgIpc) is 3.06. The molecule has 0 aliphatic carbocycles. The van der Waals surface area contributed by atoms with Gasteiger partial charge in [0.1, 0.15) is 18.4 Å². The van der Waals surface area contributed by atoms with Crippen LogP contribution < -0.4 is 9.62 Å². The van der Waals surface area contributed by atoms with Crippen LogP contribution in [0.25, 0.3) is 0 Å². The predicted molar refractivity (Wildman–Crippen MR) is 176 cm³/mol. The Labute approximate surface area is 282 Å². The highest BCUT2D eigenvalue weighted by molar-refractivity contribution is 7.92. The van der Waals surface area contributed by atoms with Crippen LogP contribution in [0.4, 0.5) is 23.2 Å². The Bertz CT molecular complexity index is 1810. The second kappa shape index (κ2) is 15.7. The average molecular weight is 704 g/mol. The van der Waals surface area contributed by atoms with Gasteiger partial charge >= 0.3 is 6.18 Å². The summed E-state index contributed by atoms with van der Waals surface area (Å²) in [4.78, 5) is 29.2. The number of anilines is 1. The van der Waals surface area contributed by atoms with E-state index in [0.29, 0.717) is 27.9 Å². The monoisotopic (exact) mass is 703 g/mol. The number of carbonyl (C=O) groups is 2. The molecule has 0 bridgehead atoms. The fourth-order valence-corrected chi connectivity index (χ4v) is 6.57. The van der Waals surface area contributed by atoms with Gasteiger partial charge in [0.2, 0.25) is 11.8 Å². The molecule has 13 heteroatoms. The Kier molecular flexibility index (Phi) is 11.9. The number of benzene rings is 4. The zero-order valence-corrected chi connectivity index (χ0v) is 27.7. The van der Waals surface area contributed by atoms with Crippen molar-refractivity contribution in [3.63, 3.8) is 0 Å². The van der Waals surface area contributed by atoms with Crippen LogP contribution in [0.5, 0.6) is 0 Å². The third kappa shape index (κ3) is 9.13. The molecular weight excluding hydrogens is 670 g/mol. The Balaban J connectivity index is 1.86. The second-order valence-electron chi connectivity index (χ2n) is 11.2. The molecular formula is C35H34ClF4N3O4S. The van der Waals surface area contributed by atoms with E-state index in [0.717, 1.165) is 12.1 Å². The molecule has 0 radical (unpaired) electrons. The van der Waals surface area contributed by atoms with Gasteiger partial charge < -0.3 is 10.2 Å². The second-order valence-corrected chi connectivity index (χ2v) is 13.4. The van der Waals surface area contributed by atoms with Gasteiger partial charge in [-0.1, -0.05) is 79.2 Å². The van der Waals surface area contributed by atoms with Crippen LogP contribution in [0.3, 0.4) is 0 Å². The van der Waals surface area contributed by atoms with Crippen LogP contribution in [-0.4, -0.2) is 43.8 Å². The first-order chi connectivity index (χ1) is 22.7. The Morgan fingerprint density at radius 1 is 0.875 bits per heavy atom. The van der Waals surface area contributed by atoms with E-state index < -0.39 is 62.7 Å². The van der Waals surface area contributed by atoms with Crippen LogP contribution in [0.1, 0.15) is 37.0 Å². The third-order valence-corrected chi connectivity index (χ3v) is 9.81. The van der Waals surface area contributed by atoms with E-state index in [1.165, 1.54) is 53.4 Å². The van der Waals surface area contributed by atoms with E-state index >= 15 is 0 Å². The molecule has 0 saturated carbocycles. The topological polar surface area (TPSA) is 86.8 Å². The first-order valence-corrected chi connectivity index (χ1v) is 16.8. The number of sulfonamides is 1. The van der Waals surface area contributed by atoms with Crippen LogP contribution in [0.15, 0.2) is 108 Å². The van der Waals surface area contributed by atoms with E-state index in [2.05, 4.69) is 5.32 Å². The van der Waals surface area contributed by atoms with Crippen molar-refractivity contribution in [2.75, 3.05) is 10.8 Å². The summed E-state index contributed by atoms with van der Waals surface area (Å²) in [6.45, 7) is 2.44. The molecule has 4 aromatic carbocycles. The summed E-state index contributed by atoms with van der Waals surface area (Å²) in [5, 5.41) is 2.23. The van der Waals surface area contributed by atoms with Crippen LogP contribution in [-0.2, 0) is 38.8 Å². The number of hydrogen-bond donors (Lipinski definition) is 1. The Hall–Kier alpha value is -4.42. The minimum atomic E-state index is -4.93. The molecule has 0 aliphatic rings. The van der Waals surface area contributed by atoms with Gasteiger partial charge in [0.15, 0.2) is 0 Å². The van der Waals surface area contributed by atoms with E-state index in [4.69, 9.17) is 11.6 Å². The van der Waals surface area contributed by atoms with Gasteiger partial charge in [-0.3, -0.25) is 13.9 Å². The summed E-state index contributed by atoms with van der Waals surface area (Å²) in [5.41, 5.74) is -0.628. The predicted octanol–water partition coefficient (Wildman–Crippen LogP) is 7.25. The fourth-order valence-electron chi connectivity index (χ4n) is 4.92. The number of carbonyl (C=O) groups excluding carboxylic acids is 2. The number of alkyl halides is 3. The van der Waals surface area contributed by atoms with Gasteiger partial charge in [0.05, 0.1) is 21.2 Å². The molecule has 0 unspecified atom stereocenters. The lowest BCUT2D eigenvalue weighted by Gasteiger charge is -2.34. The molecule has 48 heavy (non-hydrogen) atoms. The molecule has 4 aromatic rings. The van der Waals surface area contributed by atoms with Gasteiger partial charge in [-0.15, -0.1) is 0 Å². The lowest BCUT2D eigenvalue weighted by molar-refractivity contribution is -0.140. The molecule has 2 atom stereocenters. The van der Waals surface area contributed by atoms with Crippen molar-refractivity contribution in [2.24, 2.45) is 0 Å². The molecule has 254 valence electrons. The SMILES string of the molecule is CC[C@H](C)NC(=O)[C@H](Cc1ccccc1)N(Cc1ccc(F)cc1)C(=O)CN(c1ccc(Cl)c(C(F)(F)F)c1)S(=O)(=O)c1ccccc1. The standard InChI is InChI=1S/C35H34ClF4N3O4S/c1-3-24(2)41-34(45)32(20-25-10-6-4-7-11-25)42(22-26-14-16-27(37)17-15-26)33(44)23-43(48(46,47)29-12-8-5-9-13-29)28-18-19-31(36)30(21-28)35(38,39)40/h4-19,21,24,32H,3,20,22-23H2,1-2H3,(H,41,45)/t24-,32-/m0/s1. The third-order valence-electron chi connectivity index (χ3n) is 7.69. The molecule has 2 amide bonds. The summed E-state index contributed by atoms with van der Waals surface area (Å²) in [6.07, 6.45) is -4.32. The maximum absolute atomic E-state index is 14.4. The molecule has 0 aromatic heterocycles. The Morgan fingerprint density at radius 2 is 1.48 bits per heavy atom. The van der Waals surface area contributed by atoms with Crippen LogP contribution >= 0.6 is 11.6 Å². The lowest BCUT2D eigenvalue weighted by atomic mass is 10.0. The highest BCUT2D eigenvalue weighted by atomic mass is 35.5. The number of amides is 2. The van der Waals surface area contributed by atoms with Gasteiger partial charge in [-0.05, 0) is 66.9 Å². The maximum atomic E-state index is 14.4. The van der Waals surface area contributed by atoms with E-state index in [1.54, 1.807) is 43.3 Å². The zero-order valence-electron chi connectivity index (χ0n) is 26.1. The van der Waals surface area contributed by atoms with E-state index in [-0.39, 0.29) is 23.9 Å². The number of nitrogens with zero attached hydrogens (tertiary/aromatic N) is 2. The number of halogens is 5. The molecule has 0 fully saturated rings. The smallest absolute Gasteiger partial charge is 0.352 e. The highest BCUT2D eigenvalue weighted by Crippen LogP contribution is 2.38. The number of hydrogen-bond acceptors (Lipinski definition) is 4. The summed E-state index contributed by atoms with van der Waals surface area (Å²) < 4.78 is 84.2. The lowest BCUT2D eigenvalue weighted by Crippen LogP contribution is -2.54. The van der Waals surface area contributed by atoms with Crippen molar-refractivity contribution in [3.05, 3.63) is 131 Å².